The Hall–Kier alpha value is -7.36. The predicted molar refractivity (Wildman–Crippen MR) is 231 cm³/mol. The largest absolute Gasteiger partial charge is 0.456 e. The Balaban J connectivity index is 1.04. The van der Waals surface area contributed by atoms with Gasteiger partial charge in [-0.05, 0) is 106 Å². The van der Waals surface area contributed by atoms with Crippen LogP contribution in [0.3, 0.4) is 0 Å². The van der Waals surface area contributed by atoms with Crippen LogP contribution in [-0.2, 0) is 0 Å². The highest BCUT2D eigenvalue weighted by atomic mass is 16.3. The molecule has 0 atom stereocenters. The molecule has 3 nitrogen and oxygen atoms in total. The number of nitrogens with zero attached hydrogens (tertiary/aromatic N) is 2. The van der Waals surface area contributed by atoms with Crippen LogP contribution in [0, 0.1) is 0 Å². The normalized spacial score (nSPS) is 11.6. The molecule has 9 aromatic carbocycles. The van der Waals surface area contributed by atoms with E-state index in [1.165, 1.54) is 60.2 Å². The summed E-state index contributed by atoms with van der Waals surface area (Å²) >= 11 is 0. The van der Waals surface area contributed by atoms with Crippen molar-refractivity contribution in [2.75, 3.05) is 4.90 Å². The van der Waals surface area contributed by atoms with Gasteiger partial charge >= 0.3 is 0 Å². The van der Waals surface area contributed by atoms with Gasteiger partial charge in [-0.25, -0.2) is 0 Å². The Morgan fingerprint density at radius 3 is 1.67 bits per heavy atom. The standard InChI is InChI=1S/C52H34N2O/c1-3-11-35(12-4-1)36-19-25-41(26-20-36)53(43-29-31-46-45-15-7-9-17-48(45)54(49(46)34-43)40-13-5-2-6-14-40)42-27-21-37(22-28-42)38-23-30-44-39(33-38)24-32-51-52(44)47-16-8-10-18-50(47)55-51/h1-34H. The molecule has 0 fully saturated rings. The summed E-state index contributed by atoms with van der Waals surface area (Å²) < 4.78 is 8.56. The first-order valence-electron chi connectivity index (χ1n) is 18.8. The number of benzene rings is 9. The Bertz CT molecular complexity index is 3180. The molecule has 258 valence electrons. The van der Waals surface area contributed by atoms with Crippen LogP contribution in [0.15, 0.2) is 211 Å². The number of fused-ring (bicyclic) bond motifs is 8. The molecule has 0 radical (unpaired) electrons. The SMILES string of the molecule is c1ccc(-c2ccc(N(c3ccc(-c4ccc5c(ccc6oc7ccccc7c65)c4)cc3)c3ccc4c5ccccc5n(-c5ccccc5)c4c3)cc2)cc1. The number of para-hydroxylation sites is 3. The van der Waals surface area contributed by atoms with Gasteiger partial charge in [0.1, 0.15) is 11.2 Å². The van der Waals surface area contributed by atoms with Crippen LogP contribution in [0.2, 0.25) is 0 Å². The monoisotopic (exact) mass is 702 g/mol. The average Bonchev–Trinajstić information content (AvgIpc) is 3.81. The van der Waals surface area contributed by atoms with Crippen molar-refractivity contribution >= 4 is 71.6 Å². The van der Waals surface area contributed by atoms with Crippen molar-refractivity contribution in [3.63, 3.8) is 0 Å². The molecule has 11 rings (SSSR count). The lowest BCUT2D eigenvalue weighted by atomic mass is 9.98. The topological polar surface area (TPSA) is 21.3 Å². The van der Waals surface area contributed by atoms with E-state index in [9.17, 15) is 0 Å². The van der Waals surface area contributed by atoms with Crippen molar-refractivity contribution in [2.24, 2.45) is 0 Å². The Morgan fingerprint density at radius 1 is 0.345 bits per heavy atom. The van der Waals surface area contributed by atoms with Gasteiger partial charge in [0.15, 0.2) is 0 Å². The Labute approximate surface area is 318 Å². The van der Waals surface area contributed by atoms with E-state index in [4.69, 9.17) is 4.42 Å². The molecule has 0 saturated heterocycles. The van der Waals surface area contributed by atoms with E-state index in [0.29, 0.717) is 0 Å². The fourth-order valence-electron chi connectivity index (χ4n) is 8.37. The van der Waals surface area contributed by atoms with E-state index in [-0.39, 0.29) is 0 Å². The molecule has 0 bridgehead atoms. The number of hydrogen-bond acceptors (Lipinski definition) is 2. The Morgan fingerprint density at radius 2 is 0.909 bits per heavy atom. The first-order chi connectivity index (χ1) is 27.3. The van der Waals surface area contributed by atoms with Crippen molar-refractivity contribution in [3.8, 4) is 27.9 Å². The van der Waals surface area contributed by atoms with Crippen LogP contribution in [0.1, 0.15) is 0 Å². The van der Waals surface area contributed by atoms with Gasteiger partial charge in [-0.3, -0.25) is 0 Å². The molecule has 11 aromatic rings. The maximum atomic E-state index is 6.17. The Kier molecular flexibility index (Phi) is 7.17. The second-order valence-corrected chi connectivity index (χ2v) is 14.2. The maximum absolute atomic E-state index is 6.17. The molecule has 0 spiro atoms. The molecule has 2 heterocycles. The van der Waals surface area contributed by atoms with Crippen LogP contribution in [0.4, 0.5) is 17.1 Å². The van der Waals surface area contributed by atoms with E-state index >= 15 is 0 Å². The molecule has 0 amide bonds. The molecule has 0 aliphatic carbocycles. The molecule has 0 aliphatic heterocycles. The maximum Gasteiger partial charge on any atom is 0.136 e. The summed E-state index contributed by atoms with van der Waals surface area (Å²) in [4.78, 5) is 2.37. The zero-order valence-electron chi connectivity index (χ0n) is 29.9. The summed E-state index contributed by atoms with van der Waals surface area (Å²) in [5.74, 6) is 0. The first kappa shape index (κ1) is 31.2. The van der Waals surface area contributed by atoms with Gasteiger partial charge in [0, 0.05) is 44.3 Å². The predicted octanol–water partition coefficient (Wildman–Crippen LogP) is 14.6. The lowest BCUT2D eigenvalue weighted by Crippen LogP contribution is -2.10. The van der Waals surface area contributed by atoms with Gasteiger partial charge in [0.05, 0.1) is 11.0 Å². The molecule has 0 N–H and O–H groups in total. The zero-order chi connectivity index (χ0) is 36.3. The minimum atomic E-state index is 0.921. The second kappa shape index (κ2) is 12.6. The summed E-state index contributed by atoms with van der Waals surface area (Å²) in [6, 6.07) is 74.0. The highest BCUT2D eigenvalue weighted by Crippen LogP contribution is 2.41. The quantitative estimate of drug-likeness (QED) is 0.172. The molecule has 2 aromatic heterocycles. The van der Waals surface area contributed by atoms with Gasteiger partial charge in [-0.15, -0.1) is 0 Å². The molecule has 0 unspecified atom stereocenters. The molecule has 3 heteroatoms. The summed E-state index contributed by atoms with van der Waals surface area (Å²) in [6.45, 7) is 0. The van der Waals surface area contributed by atoms with E-state index in [2.05, 4.69) is 204 Å². The minimum absolute atomic E-state index is 0.921. The minimum Gasteiger partial charge on any atom is -0.456 e. The van der Waals surface area contributed by atoms with Gasteiger partial charge in [-0.1, -0.05) is 133 Å². The van der Waals surface area contributed by atoms with Crippen molar-refractivity contribution in [1.29, 1.82) is 0 Å². The van der Waals surface area contributed by atoms with Crippen LogP contribution in [0.5, 0.6) is 0 Å². The lowest BCUT2D eigenvalue weighted by molar-refractivity contribution is 0.669. The second-order valence-electron chi connectivity index (χ2n) is 14.2. The molecular weight excluding hydrogens is 669 g/mol. The highest BCUT2D eigenvalue weighted by molar-refractivity contribution is 6.19. The van der Waals surface area contributed by atoms with Gasteiger partial charge < -0.3 is 13.9 Å². The highest BCUT2D eigenvalue weighted by Gasteiger charge is 2.18. The van der Waals surface area contributed by atoms with E-state index in [1.54, 1.807) is 0 Å². The van der Waals surface area contributed by atoms with Crippen molar-refractivity contribution in [2.45, 2.75) is 0 Å². The molecular formula is C52H34N2O. The van der Waals surface area contributed by atoms with Crippen LogP contribution >= 0.6 is 0 Å². The molecule has 55 heavy (non-hydrogen) atoms. The van der Waals surface area contributed by atoms with Crippen molar-refractivity contribution in [3.05, 3.63) is 206 Å². The summed E-state index contributed by atoms with van der Waals surface area (Å²) in [5, 5.41) is 7.20. The fraction of sp³-hybridized carbons (Fsp3) is 0. The van der Waals surface area contributed by atoms with Gasteiger partial charge in [0.25, 0.3) is 0 Å². The number of rotatable bonds is 6. The van der Waals surface area contributed by atoms with Crippen molar-refractivity contribution in [1.82, 2.24) is 4.57 Å². The lowest BCUT2D eigenvalue weighted by Gasteiger charge is -2.26. The third kappa shape index (κ3) is 5.20. The third-order valence-corrected chi connectivity index (χ3v) is 11.0. The number of furan rings is 1. The van der Waals surface area contributed by atoms with E-state index < -0.39 is 0 Å². The summed E-state index contributed by atoms with van der Waals surface area (Å²) in [6.07, 6.45) is 0. The smallest absolute Gasteiger partial charge is 0.136 e. The summed E-state index contributed by atoms with van der Waals surface area (Å²) in [5.41, 5.74) is 13.4. The zero-order valence-corrected chi connectivity index (χ0v) is 29.9. The number of aromatic nitrogens is 1. The number of anilines is 3. The van der Waals surface area contributed by atoms with Crippen molar-refractivity contribution < 1.29 is 4.42 Å². The van der Waals surface area contributed by atoms with Crippen LogP contribution in [0.25, 0.3) is 82.5 Å². The van der Waals surface area contributed by atoms with E-state index in [1.807, 2.05) is 12.1 Å². The average molecular weight is 703 g/mol. The first-order valence-corrected chi connectivity index (χ1v) is 18.8. The third-order valence-electron chi connectivity index (χ3n) is 11.0. The molecule has 0 aliphatic rings. The van der Waals surface area contributed by atoms with Gasteiger partial charge in [0.2, 0.25) is 0 Å². The fourth-order valence-corrected chi connectivity index (χ4v) is 8.37. The van der Waals surface area contributed by atoms with Crippen LogP contribution in [-0.4, -0.2) is 4.57 Å². The van der Waals surface area contributed by atoms with E-state index in [0.717, 1.165) is 39.3 Å². The number of hydrogen-bond donors (Lipinski definition) is 0. The molecule has 0 saturated carbocycles. The van der Waals surface area contributed by atoms with Gasteiger partial charge in [-0.2, -0.15) is 0 Å². The van der Waals surface area contributed by atoms with Crippen LogP contribution < -0.4 is 4.90 Å². The summed E-state index contributed by atoms with van der Waals surface area (Å²) in [7, 11) is 0.